The van der Waals surface area contributed by atoms with Crippen molar-refractivity contribution in [3.05, 3.63) is 58.1 Å². The van der Waals surface area contributed by atoms with E-state index < -0.39 is 0 Å². The molecule has 0 atom stereocenters. The average molecular weight is 375 g/mol. The molecule has 0 amide bonds. The number of halogens is 1. The Morgan fingerprint density at radius 3 is 2.48 bits per heavy atom. The molecule has 1 aliphatic carbocycles. The molecular weight excluding hydrogens is 352 g/mol. The normalized spacial score (nSPS) is 13.4. The first-order chi connectivity index (χ1) is 12.0. The van der Waals surface area contributed by atoms with Crippen LogP contribution >= 0.6 is 23.8 Å². The van der Waals surface area contributed by atoms with Crippen molar-refractivity contribution in [1.29, 1.82) is 0 Å². The third kappa shape index (κ3) is 4.44. The van der Waals surface area contributed by atoms with Crippen molar-refractivity contribution in [3.8, 4) is 5.75 Å². The summed E-state index contributed by atoms with van der Waals surface area (Å²) in [6.07, 6.45) is 2.36. The average Bonchev–Trinajstić information content (AvgIpc) is 3.41. The molecule has 1 N–H and O–H groups in total. The quantitative estimate of drug-likeness (QED) is 0.715. The topological polar surface area (TPSA) is 24.5 Å². The summed E-state index contributed by atoms with van der Waals surface area (Å²) < 4.78 is 5.23. The zero-order chi connectivity index (χ0) is 18.0. The van der Waals surface area contributed by atoms with Gasteiger partial charge in [-0.15, -0.1) is 0 Å². The minimum Gasteiger partial charge on any atom is -0.497 e. The van der Waals surface area contributed by atoms with Crippen molar-refractivity contribution in [2.24, 2.45) is 0 Å². The van der Waals surface area contributed by atoms with Crippen molar-refractivity contribution in [2.75, 3.05) is 12.4 Å². The van der Waals surface area contributed by atoms with E-state index in [4.69, 9.17) is 28.6 Å². The second-order valence-corrected chi connectivity index (χ2v) is 7.37. The summed E-state index contributed by atoms with van der Waals surface area (Å²) >= 11 is 12.1. The maximum atomic E-state index is 6.42. The third-order valence-corrected chi connectivity index (χ3v) is 5.06. The first-order valence-corrected chi connectivity index (χ1v) is 9.24. The van der Waals surface area contributed by atoms with Crippen LogP contribution in [0, 0.1) is 13.8 Å². The van der Waals surface area contributed by atoms with E-state index in [0.717, 1.165) is 34.2 Å². The molecule has 0 aliphatic heterocycles. The molecule has 132 valence electrons. The van der Waals surface area contributed by atoms with Gasteiger partial charge in [0.15, 0.2) is 5.11 Å². The molecule has 1 saturated carbocycles. The number of methoxy groups -OCH3 is 1. The molecule has 1 aliphatic rings. The minimum atomic E-state index is 0.506. The number of anilines is 1. The fourth-order valence-electron chi connectivity index (χ4n) is 2.93. The van der Waals surface area contributed by atoms with Crippen LogP contribution in [-0.4, -0.2) is 23.2 Å². The van der Waals surface area contributed by atoms with Crippen LogP contribution in [-0.2, 0) is 6.54 Å². The Kier molecular flexibility index (Phi) is 5.50. The van der Waals surface area contributed by atoms with E-state index in [2.05, 4.69) is 35.3 Å². The van der Waals surface area contributed by atoms with Crippen molar-refractivity contribution in [2.45, 2.75) is 39.3 Å². The fourth-order valence-corrected chi connectivity index (χ4v) is 3.62. The first-order valence-electron chi connectivity index (χ1n) is 8.45. The Morgan fingerprint density at radius 2 is 1.92 bits per heavy atom. The highest BCUT2D eigenvalue weighted by Crippen LogP contribution is 2.32. The minimum absolute atomic E-state index is 0.506. The predicted molar refractivity (Wildman–Crippen MR) is 109 cm³/mol. The van der Waals surface area contributed by atoms with Crippen molar-refractivity contribution < 1.29 is 4.74 Å². The monoisotopic (exact) mass is 374 g/mol. The van der Waals surface area contributed by atoms with E-state index in [1.54, 1.807) is 7.11 Å². The molecule has 3 nitrogen and oxygen atoms in total. The molecule has 2 aromatic rings. The first kappa shape index (κ1) is 18.0. The van der Waals surface area contributed by atoms with Gasteiger partial charge in [-0.05, 0) is 73.8 Å². The van der Waals surface area contributed by atoms with E-state index in [0.29, 0.717) is 11.1 Å². The molecule has 25 heavy (non-hydrogen) atoms. The van der Waals surface area contributed by atoms with Gasteiger partial charge in [0.25, 0.3) is 0 Å². The lowest BCUT2D eigenvalue weighted by Crippen LogP contribution is -2.36. The van der Waals surface area contributed by atoms with Crippen molar-refractivity contribution >= 4 is 34.6 Å². The fraction of sp³-hybridized carbons (Fsp3) is 0.350. The summed E-state index contributed by atoms with van der Waals surface area (Å²) in [5.74, 6) is 0.865. The maximum Gasteiger partial charge on any atom is 0.174 e. The second kappa shape index (κ2) is 7.63. The number of rotatable bonds is 5. The second-order valence-electron chi connectivity index (χ2n) is 6.58. The Balaban J connectivity index is 1.75. The molecule has 1 fully saturated rings. The molecular formula is C20H23ClN2OS. The number of nitrogens with zero attached hydrogens (tertiary/aromatic N) is 1. The van der Waals surface area contributed by atoms with Gasteiger partial charge >= 0.3 is 0 Å². The van der Waals surface area contributed by atoms with E-state index >= 15 is 0 Å². The van der Waals surface area contributed by atoms with Gasteiger partial charge in [-0.2, -0.15) is 0 Å². The highest BCUT2D eigenvalue weighted by atomic mass is 35.5. The lowest BCUT2D eigenvalue weighted by Gasteiger charge is -2.27. The van der Waals surface area contributed by atoms with Gasteiger partial charge in [0.05, 0.1) is 17.8 Å². The number of aryl methyl sites for hydroxylation is 2. The van der Waals surface area contributed by atoms with Crippen LogP contribution in [0.15, 0.2) is 36.4 Å². The van der Waals surface area contributed by atoms with Gasteiger partial charge in [0.1, 0.15) is 5.75 Å². The molecule has 2 aromatic carbocycles. The number of thiocarbonyl (C=S) groups is 1. The van der Waals surface area contributed by atoms with Crippen LogP contribution in [0.3, 0.4) is 0 Å². The van der Waals surface area contributed by atoms with Crippen LogP contribution in [0.4, 0.5) is 5.69 Å². The molecule has 0 unspecified atom stereocenters. The highest BCUT2D eigenvalue weighted by molar-refractivity contribution is 7.80. The number of hydrogen-bond donors (Lipinski definition) is 1. The zero-order valence-corrected chi connectivity index (χ0v) is 16.4. The molecule has 0 aromatic heterocycles. The summed E-state index contributed by atoms with van der Waals surface area (Å²) in [5.41, 5.74) is 4.37. The van der Waals surface area contributed by atoms with E-state index in [1.165, 1.54) is 18.4 Å². The summed E-state index contributed by atoms with van der Waals surface area (Å²) in [4.78, 5) is 2.26. The van der Waals surface area contributed by atoms with Crippen LogP contribution in [0.1, 0.15) is 29.5 Å². The van der Waals surface area contributed by atoms with E-state index in [1.807, 2.05) is 25.1 Å². The Morgan fingerprint density at radius 1 is 1.24 bits per heavy atom. The summed E-state index contributed by atoms with van der Waals surface area (Å²) in [7, 11) is 1.68. The third-order valence-electron chi connectivity index (χ3n) is 4.42. The Bertz CT molecular complexity index is 749. The number of benzene rings is 2. The van der Waals surface area contributed by atoms with Crippen LogP contribution < -0.4 is 10.1 Å². The number of nitrogens with one attached hydrogen (secondary N) is 1. The van der Waals surface area contributed by atoms with Gasteiger partial charge in [-0.1, -0.05) is 29.8 Å². The molecule has 0 spiro atoms. The molecule has 0 heterocycles. The van der Waals surface area contributed by atoms with Crippen molar-refractivity contribution in [3.63, 3.8) is 0 Å². The molecule has 0 radical (unpaired) electrons. The van der Waals surface area contributed by atoms with Gasteiger partial charge in [0, 0.05) is 12.6 Å². The van der Waals surface area contributed by atoms with Gasteiger partial charge in [-0.3, -0.25) is 0 Å². The molecule has 3 rings (SSSR count). The zero-order valence-electron chi connectivity index (χ0n) is 14.8. The lowest BCUT2D eigenvalue weighted by molar-refractivity contribution is 0.405. The highest BCUT2D eigenvalue weighted by Gasteiger charge is 2.31. The molecule has 0 saturated heterocycles. The van der Waals surface area contributed by atoms with Crippen molar-refractivity contribution in [1.82, 2.24) is 4.90 Å². The van der Waals surface area contributed by atoms with Crippen LogP contribution in [0.25, 0.3) is 0 Å². The van der Waals surface area contributed by atoms with Gasteiger partial charge in [-0.25, -0.2) is 0 Å². The smallest absolute Gasteiger partial charge is 0.174 e. The Hall–Kier alpha value is -1.78. The summed E-state index contributed by atoms with van der Waals surface area (Å²) in [6, 6.07) is 12.7. The van der Waals surface area contributed by atoms with Crippen LogP contribution in [0.2, 0.25) is 5.02 Å². The lowest BCUT2D eigenvalue weighted by atomic mass is 10.1. The van der Waals surface area contributed by atoms with Gasteiger partial charge in [0.2, 0.25) is 0 Å². The summed E-state index contributed by atoms with van der Waals surface area (Å²) in [6.45, 7) is 4.87. The van der Waals surface area contributed by atoms with E-state index in [-0.39, 0.29) is 0 Å². The molecule has 0 bridgehead atoms. The Labute approximate surface area is 159 Å². The maximum absolute atomic E-state index is 6.42. The summed E-state index contributed by atoms with van der Waals surface area (Å²) in [5, 5.41) is 4.81. The largest absolute Gasteiger partial charge is 0.497 e. The molecule has 5 heteroatoms. The van der Waals surface area contributed by atoms with Crippen LogP contribution in [0.5, 0.6) is 5.75 Å². The predicted octanol–water partition coefficient (Wildman–Crippen LogP) is 5.33. The SMILES string of the molecule is COc1ccc(CN(C(=S)Nc2c(C)cc(C)cc2Cl)C2CC2)cc1. The van der Waals surface area contributed by atoms with Gasteiger partial charge < -0.3 is 15.0 Å². The van der Waals surface area contributed by atoms with E-state index in [9.17, 15) is 0 Å². The number of hydrogen-bond acceptors (Lipinski definition) is 2. The standard InChI is InChI=1S/C20H23ClN2OS/c1-13-10-14(2)19(18(21)11-13)22-20(25)23(16-6-7-16)12-15-4-8-17(24-3)9-5-15/h4-5,8-11,16H,6-7,12H2,1-3H3,(H,22,25). The number of ether oxygens (including phenoxy) is 1.